The van der Waals surface area contributed by atoms with Crippen LogP contribution in [0.25, 0.3) is 0 Å². The molecule has 1 aromatic carbocycles. The van der Waals surface area contributed by atoms with Gasteiger partial charge in [-0.1, -0.05) is 0 Å². The summed E-state index contributed by atoms with van der Waals surface area (Å²) in [6, 6.07) is 5.30. The van der Waals surface area contributed by atoms with Crippen molar-refractivity contribution in [2.45, 2.75) is 6.61 Å². The first-order valence-electron chi connectivity index (χ1n) is 3.63. The summed E-state index contributed by atoms with van der Waals surface area (Å²) in [6.45, 7) is -0.00639. The van der Waals surface area contributed by atoms with Crippen molar-refractivity contribution >= 4 is 0 Å². The van der Waals surface area contributed by atoms with Crippen molar-refractivity contribution < 1.29 is 45.6 Å². The molecular formula is C9H13NaO3. The topological polar surface area (TPSA) is 38.7 Å². The van der Waals surface area contributed by atoms with E-state index in [0.717, 1.165) is 5.56 Å². The predicted molar refractivity (Wildman–Crippen MR) is 46.6 cm³/mol. The van der Waals surface area contributed by atoms with E-state index in [1.54, 1.807) is 32.4 Å². The first kappa shape index (κ1) is 12.8. The third kappa shape index (κ3) is 3.56. The van der Waals surface area contributed by atoms with E-state index in [0.29, 0.717) is 11.5 Å². The van der Waals surface area contributed by atoms with Crippen LogP contribution in [0.1, 0.15) is 6.99 Å². The SMILES string of the molecule is COc1cc(CO)cc(OC)c1.[H-].[Na+]. The molecule has 0 saturated carbocycles. The Morgan fingerprint density at radius 2 is 1.62 bits per heavy atom. The summed E-state index contributed by atoms with van der Waals surface area (Å²) >= 11 is 0. The zero-order chi connectivity index (χ0) is 8.97. The maximum atomic E-state index is 8.87. The van der Waals surface area contributed by atoms with Crippen LogP contribution in [0.2, 0.25) is 0 Å². The van der Waals surface area contributed by atoms with Crippen molar-refractivity contribution in [2.24, 2.45) is 0 Å². The van der Waals surface area contributed by atoms with Crippen molar-refractivity contribution in [2.75, 3.05) is 14.2 Å². The predicted octanol–water partition coefficient (Wildman–Crippen LogP) is -1.69. The average Bonchev–Trinajstić information content (AvgIpc) is 2.16. The molecule has 0 heterocycles. The van der Waals surface area contributed by atoms with Crippen molar-refractivity contribution in [1.82, 2.24) is 0 Å². The summed E-state index contributed by atoms with van der Waals surface area (Å²) in [5, 5.41) is 8.87. The smallest absolute Gasteiger partial charge is 1.00 e. The van der Waals surface area contributed by atoms with Crippen LogP contribution in [-0.4, -0.2) is 19.3 Å². The number of ether oxygens (including phenoxy) is 2. The third-order valence-electron chi connectivity index (χ3n) is 1.59. The Balaban J connectivity index is 0. The molecule has 0 aliphatic rings. The van der Waals surface area contributed by atoms with Crippen LogP contribution in [0.3, 0.4) is 0 Å². The molecular weight excluding hydrogens is 179 g/mol. The number of benzene rings is 1. The normalized spacial score (nSPS) is 8.85. The second kappa shape index (κ2) is 6.27. The van der Waals surface area contributed by atoms with Crippen molar-refractivity contribution in [3.8, 4) is 11.5 Å². The van der Waals surface area contributed by atoms with Gasteiger partial charge in [-0.25, -0.2) is 0 Å². The number of hydrogen-bond donors (Lipinski definition) is 1. The van der Waals surface area contributed by atoms with Gasteiger partial charge in [0.15, 0.2) is 0 Å². The van der Waals surface area contributed by atoms with Crippen LogP contribution < -0.4 is 39.0 Å². The first-order valence-corrected chi connectivity index (χ1v) is 3.63. The van der Waals surface area contributed by atoms with Gasteiger partial charge in [0.2, 0.25) is 0 Å². The van der Waals surface area contributed by atoms with Gasteiger partial charge < -0.3 is 16.0 Å². The Hall–Kier alpha value is -0.220. The number of methoxy groups -OCH3 is 2. The molecule has 0 amide bonds. The molecule has 3 nitrogen and oxygen atoms in total. The van der Waals surface area contributed by atoms with E-state index in [2.05, 4.69) is 0 Å². The second-order valence-electron chi connectivity index (χ2n) is 2.38. The van der Waals surface area contributed by atoms with E-state index in [1.165, 1.54) is 0 Å². The summed E-state index contributed by atoms with van der Waals surface area (Å²) in [7, 11) is 3.16. The molecule has 0 unspecified atom stereocenters. The molecule has 0 aliphatic heterocycles. The van der Waals surface area contributed by atoms with E-state index in [-0.39, 0.29) is 37.6 Å². The zero-order valence-electron chi connectivity index (χ0n) is 9.20. The Kier molecular flexibility index (Phi) is 6.16. The van der Waals surface area contributed by atoms with Gasteiger partial charge in [0, 0.05) is 6.07 Å². The summed E-state index contributed by atoms with van der Waals surface area (Å²) in [5.74, 6) is 1.39. The van der Waals surface area contributed by atoms with Crippen LogP contribution in [0.15, 0.2) is 18.2 Å². The summed E-state index contributed by atoms with van der Waals surface area (Å²) in [5.41, 5.74) is 0.784. The molecule has 0 bridgehead atoms. The fourth-order valence-electron chi connectivity index (χ4n) is 0.958. The Morgan fingerprint density at radius 3 is 1.92 bits per heavy atom. The van der Waals surface area contributed by atoms with Crippen molar-refractivity contribution in [3.05, 3.63) is 23.8 Å². The van der Waals surface area contributed by atoms with Gasteiger partial charge in [0.05, 0.1) is 20.8 Å². The Morgan fingerprint density at radius 1 is 1.15 bits per heavy atom. The molecule has 0 fully saturated rings. The minimum absolute atomic E-state index is 0. The van der Waals surface area contributed by atoms with Crippen LogP contribution in [0, 0.1) is 0 Å². The minimum atomic E-state index is -0.00639. The number of aliphatic hydroxyl groups excluding tert-OH is 1. The van der Waals surface area contributed by atoms with E-state index in [9.17, 15) is 0 Å². The Bertz CT molecular complexity index is 213. The van der Waals surface area contributed by atoms with Crippen LogP contribution in [0.5, 0.6) is 11.5 Å². The molecule has 0 aliphatic carbocycles. The van der Waals surface area contributed by atoms with Crippen LogP contribution in [-0.2, 0) is 6.61 Å². The standard InChI is InChI=1S/C9H12O3.Na.H/c1-11-8-3-7(6-10)4-9(5-8)12-2;;/h3-5,10H,6H2,1-2H3;;/q;+1;-1. The van der Waals surface area contributed by atoms with Gasteiger partial charge in [0.1, 0.15) is 11.5 Å². The Labute approximate surface area is 101 Å². The number of hydrogen-bond acceptors (Lipinski definition) is 3. The van der Waals surface area contributed by atoms with E-state index in [1.807, 2.05) is 0 Å². The quantitative estimate of drug-likeness (QED) is 0.581. The van der Waals surface area contributed by atoms with Gasteiger partial charge in [0.25, 0.3) is 0 Å². The maximum Gasteiger partial charge on any atom is 1.00 e. The fourth-order valence-corrected chi connectivity index (χ4v) is 0.958. The molecule has 1 rings (SSSR count). The molecule has 0 saturated heterocycles. The second-order valence-corrected chi connectivity index (χ2v) is 2.38. The molecule has 0 spiro atoms. The van der Waals surface area contributed by atoms with Gasteiger partial charge in [-0.2, -0.15) is 0 Å². The molecule has 0 radical (unpaired) electrons. The van der Waals surface area contributed by atoms with Crippen LogP contribution in [0.4, 0.5) is 0 Å². The molecule has 0 atom stereocenters. The molecule has 13 heavy (non-hydrogen) atoms. The maximum absolute atomic E-state index is 8.87. The molecule has 1 aromatic rings. The van der Waals surface area contributed by atoms with E-state index in [4.69, 9.17) is 14.6 Å². The molecule has 4 heteroatoms. The number of aliphatic hydroxyl groups is 1. The monoisotopic (exact) mass is 192 g/mol. The molecule has 0 aromatic heterocycles. The summed E-state index contributed by atoms with van der Waals surface area (Å²) in [4.78, 5) is 0. The van der Waals surface area contributed by atoms with Crippen molar-refractivity contribution in [1.29, 1.82) is 0 Å². The average molecular weight is 192 g/mol. The zero-order valence-corrected chi connectivity index (χ0v) is 10.2. The van der Waals surface area contributed by atoms with Crippen LogP contribution >= 0.6 is 0 Å². The molecule has 68 valence electrons. The minimum Gasteiger partial charge on any atom is -1.00 e. The van der Waals surface area contributed by atoms with Crippen molar-refractivity contribution in [3.63, 3.8) is 0 Å². The first-order chi connectivity index (χ1) is 5.80. The van der Waals surface area contributed by atoms with Gasteiger partial charge in [-0.3, -0.25) is 0 Å². The van der Waals surface area contributed by atoms with Gasteiger partial charge in [-0.15, -0.1) is 0 Å². The van der Waals surface area contributed by atoms with Gasteiger partial charge in [-0.05, 0) is 17.7 Å². The fraction of sp³-hybridized carbons (Fsp3) is 0.333. The van der Waals surface area contributed by atoms with E-state index < -0.39 is 0 Å². The molecule has 1 N–H and O–H groups in total. The summed E-state index contributed by atoms with van der Waals surface area (Å²) < 4.78 is 10.0. The van der Waals surface area contributed by atoms with E-state index >= 15 is 0 Å². The largest absolute Gasteiger partial charge is 1.00 e. The number of rotatable bonds is 3. The summed E-state index contributed by atoms with van der Waals surface area (Å²) in [6.07, 6.45) is 0. The van der Waals surface area contributed by atoms with Gasteiger partial charge >= 0.3 is 29.6 Å². The third-order valence-corrected chi connectivity index (χ3v) is 1.59.